The molecule has 0 aromatic heterocycles. The number of carbonyl (C=O) groups excluding carboxylic acids is 2. The van der Waals surface area contributed by atoms with E-state index in [2.05, 4.69) is 5.32 Å². The standard InChI is InChI=1S/C14H24N2O5/c1-14(2,3)13(20)15-5-4-11(17)16-6-7-21-9-10(16)8-12(18)19/h10H,4-9H2,1-3H3,(H,15,20)(H,18,19). The molecule has 2 N–H and O–H groups in total. The number of rotatable bonds is 5. The molecule has 1 unspecified atom stereocenters. The summed E-state index contributed by atoms with van der Waals surface area (Å²) in [4.78, 5) is 36.2. The first-order valence-corrected chi connectivity index (χ1v) is 7.09. The van der Waals surface area contributed by atoms with Crippen LogP contribution in [0.25, 0.3) is 0 Å². The summed E-state index contributed by atoms with van der Waals surface area (Å²) < 4.78 is 5.22. The molecule has 2 amide bonds. The minimum absolute atomic E-state index is 0.112. The van der Waals surface area contributed by atoms with Crippen LogP contribution in [0, 0.1) is 5.41 Å². The first-order chi connectivity index (χ1) is 9.71. The van der Waals surface area contributed by atoms with Crippen molar-refractivity contribution in [1.82, 2.24) is 10.2 Å². The van der Waals surface area contributed by atoms with Gasteiger partial charge >= 0.3 is 5.97 Å². The molecule has 0 aromatic carbocycles. The lowest BCUT2D eigenvalue weighted by Gasteiger charge is -2.35. The third-order valence-corrected chi connectivity index (χ3v) is 3.26. The van der Waals surface area contributed by atoms with Crippen LogP contribution in [-0.2, 0) is 19.1 Å². The van der Waals surface area contributed by atoms with Crippen molar-refractivity contribution < 1.29 is 24.2 Å². The summed E-state index contributed by atoms with van der Waals surface area (Å²) in [7, 11) is 0. The highest BCUT2D eigenvalue weighted by molar-refractivity contribution is 5.82. The molecular weight excluding hydrogens is 276 g/mol. The maximum Gasteiger partial charge on any atom is 0.305 e. The summed E-state index contributed by atoms with van der Waals surface area (Å²) in [5.41, 5.74) is -0.492. The lowest BCUT2D eigenvalue weighted by molar-refractivity contribution is -0.146. The minimum Gasteiger partial charge on any atom is -0.481 e. The average molecular weight is 300 g/mol. The van der Waals surface area contributed by atoms with Gasteiger partial charge in [0, 0.05) is 24.9 Å². The lowest BCUT2D eigenvalue weighted by Crippen LogP contribution is -2.50. The Labute approximate surface area is 124 Å². The average Bonchev–Trinajstić information content (AvgIpc) is 2.37. The zero-order valence-electron chi connectivity index (χ0n) is 12.8. The Bertz CT molecular complexity index is 403. The molecule has 1 aliphatic heterocycles. The highest BCUT2D eigenvalue weighted by Gasteiger charge is 2.29. The van der Waals surface area contributed by atoms with Crippen molar-refractivity contribution in [2.24, 2.45) is 5.41 Å². The maximum absolute atomic E-state index is 12.1. The van der Waals surface area contributed by atoms with Crippen LogP contribution in [0.5, 0.6) is 0 Å². The molecule has 120 valence electrons. The zero-order chi connectivity index (χ0) is 16.0. The molecule has 1 atom stereocenters. The van der Waals surface area contributed by atoms with Crippen molar-refractivity contribution >= 4 is 17.8 Å². The van der Waals surface area contributed by atoms with Gasteiger partial charge in [-0.2, -0.15) is 0 Å². The molecule has 1 fully saturated rings. The molecular formula is C14H24N2O5. The molecule has 21 heavy (non-hydrogen) atoms. The molecule has 0 spiro atoms. The van der Waals surface area contributed by atoms with Gasteiger partial charge in [0.25, 0.3) is 0 Å². The topological polar surface area (TPSA) is 95.9 Å². The van der Waals surface area contributed by atoms with Gasteiger partial charge in [0.15, 0.2) is 0 Å². The Morgan fingerprint density at radius 2 is 2.00 bits per heavy atom. The predicted octanol–water partition coefficient (Wildman–Crippen LogP) is 0.241. The number of amides is 2. The quantitative estimate of drug-likeness (QED) is 0.758. The van der Waals surface area contributed by atoms with E-state index in [1.54, 1.807) is 25.7 Å². The van der Waals surface area contributed by atoms with Gasteiger partial charge in [-0.1, -0.05) is 20.8 Å². The number of carboxylic acids is 1. The smallest absolute Gasteiger partial charge is 0.305 e. The molecule has 0 saturated carbocycles. The van der Waals surface area contributed by atoms with Crippen molar-refractivity contribution in [2.45, 2.75) is 39.7 Å². The molecule has 1 rings (SSSR count). The number of hydrogen-bond donors (Lipinski definition) is 2. The van der Waals surface area contributed by atoms with Crippen LogP contribution in [0.3, 0.4) is 0 Å². The Morgan fingerprint density at radius 1 is 1.33 bits per heavy atom. The van der Waals surface area contributed by atoms with Crippen LogP contribution in [0.1, 0.15) is 33.6 Å². The lowest BCUT2D eigenvalue weighted by atomic mass is 9.96. The third kappa shape index (κ3) is 5.71. The molecule has 1 aliphatic rings. The second-order valence-electron chi connectivity index (χ2n) is 6.17. The highest BCUT2D eigenvalue weighted by atomic mass is 16.5. The van der Waals surface area contributed by atoms with Crippen LogP contribution >= 0.6 is 0 Å². The van der Waals surface area contributed by atoms with Crippen molar-refractivity contribution in [3.05, 3.63) is 0 Å². The van der Waals surface area contributed by atoms with E-state index in [4.69, 9.17) is 9.84 Å². The first kappa shape index (κ1) is 17.4. The van der Waals surface area contributed by atoms with Gasteiger partial charge < -0.3 is 20.1 Å². The maximum atomic E-state index is 12.1. The number of nitrogens with zero attached hydrogens (tertiary/aromatic N) is 1. The fraction of sp³-hybridized carbons (Fsp3) is 0.786. The number of carboxylic acid groups (broad SMARTS) is 1. The van der Waals surface area contributed by atoms with Crippen LogP contribution < -0.4 is 5.32 Å². The van der Waals surface area contributed by atoms with E-state index in [0.717, 1.165) is 0 Å². The van der Waals surface area contributed by atoms with Crippen molar-refractivity contribution in [3.63, 3.8) is 0 Å². The van der Waals surface area contributed by atoms with Crippen LogP contribution in [0.15, 0.2) is 0 Å². The first-order valence-electron chi connectivity index (χ1n) is 7.09. The second kappa shape index (κ2) is 7.40. The van der Waals surface area contributed by atoms with E-state index in [0.29, 0.717) is 13.2 Å². The molecule has 1 heterocycles. The molecule has 0 bridgehead atoms. The van der Waals surface area contributed by atoms with Gasteiger partial charge in [-0.3, -0.25) is 14.4 Å². The Morgan fingerprint density at radius 3 is 2.57 bits per heavy atom. The van der Waals surface area contributed by atoms with E-state index in [1.807, 2.05) is 0 Å². The fourth-order valence-electron chi connectivity index (χ4n) is 2.05. The SMILES string of the molecule is CC(C)(C)C(=O)NCCC(=O)N1CCOCC1CC(=O)O. The number of hydrogen-bond acceptors (Lipinski definition) is 4. The van der Waals surface area contributed by atoms with Crippen LogP contribution in [0.2, 0.25) is 0 Å². The number of carbonyl (C=O) groups is 3. The zero-order valence-corrected chi connectivity index (χ0v) is 12.8. The van der Waals surface area contributed by atoms with Gasteiger partial charge in [0.2, 0.25) is 11.8 Å². The fourth-order valence-corrected chi connectivity index (χ4v) is 2.05. The Hall–Kier alpha value is -1.63. The normalized spacial score (nSPS) is 19.2. The van der Waals surface area contributed by atoms with Crippen molar-refractivity contribution in [2.75, 3.05) is 26.3 Å². The summed E-state index contributed by atoms with van der Waals surface area (Å²) in [5, 5.41) is 11.6. The highest BCUT2D eigenvalue weighted by Crippen LogP contribution is 2.14. The summed E-state index contributed by atoms with van der Waals surface area (Å²) in [6, 6.07) is -0.429. The van der Waals surface area contributed by atoms with Crippen LogP contribution in [-0.4, -0.2) is 60.1 Å². The summed E-state index contributed by atoms with van der Waals surface area (Å²) in [6.07, 6.45) is 0.0397. The Balaban J connectivity index is 2.45. The van der Waals surface area contributed by atoms with E-state index in [9.17, 15) is 14.4 Å². The minimum atomic E-state index is -0.954. The van der Waals surface area contributed by atoms with Gasteiger partial charge in [-0.05, 0) is 0 Å². The summed E-state index contributed by atoms with van der Waals surface area (Å²) in [5.74, 6) is -1.22. The van der Waals surface area contributed by atoms with Gasteiger partial charge in [0.05, 0.1) is 25.7 Å². The van der Waals surface area contributed by atoms with Crippen LogP contribution in [0.4, 0.5) is 0 Å². The van der Waals surface area contributed by atoms with E-state index >= 15 is 0 Å². The van der Waals surface area contributed by atoms with Gasteiger partial charge in [-0.25, -0.2) is 0 Å². The number of nitrogens with one attached hydrogen (secondary N) is 1. The molecule has 1 saturated heterocycles. The van der Waals surface area contributed by atoms with Gasteiger partial charge in [0.1, 0.15) is 0 Å². The third-order valence-electron chi connectivity index (χ3n) is 3.26. The number of morpholine rings is 1. The van der Waals surface area contributed by atoms with E-state index in [1.165, 1.54) is 0 Å². The summed E-state index contributed by atoms with van der Waals surface area (Å²) >= 11 is 0. The number of aliphatic carboxylic acids is 1. The van der Waals surface area contributed by atoms with Crippen molar-refractivity contribution in [1.29, 1.82) is 0 Å². The van der Waals surface area contributed by atoms with Gasteiger partial charge in [-0.15, -0.1) is 0 Å². The second-order valence-corrected chi connectivity index (χ2v) is 6.17. The summed E-state index contributed by atoms with van der Waals surface area (Å²) in [6.45, 7) is 6.71. The Kier molecular flexibility index (Phi) is 6.14. The molecule has 0 aromatic rings. The number of ether oxygens (including phenoxy) is 1. The van der Waals surface area contributed by atoms with E-state index in [-0.39, 0.29) is 37.8 Å². The van der Waals surface area contributed by atoms with Crippen molar-refractivity contribution in [3.8, 4) is 0 Å². The molecule has 0 aliphatic carbocycles. The molecule has 0 radical (unpaired) electrons. The monoisotopic (exact) mass is 300 g/mol. The molecule has 7 heteroatoms. The predicted molar refractivity (Wildman–Crippen MR) is 75.7 cm³/mol. The molecule has 7 nitrogen and oxygen atoms in total. The largest absolute Gasteiger partial charge is 0.481 e. The van der Waals surface area contributed by atoms with E-state index < -0.39 is 17.4 Å².